The molecule has 1 saturated carbocycles. The number of hydrogen-bond acceptors (Lipinski definition) is 4. The van der Waals surface area contributed by atoms with Crippen molar-refractivity contribution in [2.45, 2.75) is 32.1 Å². The predicted octanol–water partition coefficient (Wildman–Crippen LogP) is 2.88. The monoisotopic (exact) mass is 242 g/mol. The topological polar surface area (TPSA) is 56.0 Å². The van der Waals surface area contributed by atoms with E-state index in [4.69, 9.17) is 4.52 Å². The Balaban J connectivity index is 1.95. The molecule has 1 aromatic heterocycles. The van der Waals surface area contributed by atoms with Crippen molar-refractivity contribution < 1.29 is 9.32 Å². The van der Waals surface area contributed by atoms with Crippen molar-refractivity contribution in [1.29, 1.82) is 0 Å². The highest BCUT2D eigenvalue weighted by Crippen LogP contribution is 2.31. The summed E-state index contributed by atoms with van der Waals surface area (Å²) in [4.78, 5) is 16.0. The Bertz CT molecular complexity index is 589. The highest BCUT2D eigenvalue weighted by molar-refractivity contribution is 5.86. The molecule has 0 aliphatic heterocycles. The second-order valence-corrected chi connectivity index (χ2v) is 4.68. The zero-order valence-corrected chi connectivity index (χ0v) is 10.2. The predicted molar refractivity (Wildman–Crippen MR) is 66.1 cm³/mol. The van der Waals surface area contributed by atoms with Crippen LogP contribution in [0.1, 0.15) is 36.6 Å². The molecule has 2 aromatic rings. The van der Waals surface area contributed by atoms with Gasteiger partial charge in [-0.1, -0.05) is 29.4 Å². The minimum absolute atomic E-state index is 0.185. The first-order valence-corrected chi connectivity index (χ1v) is 6.18. The SMILES string of the molecule is Cc1ccccc1-c1noc(C2CCCC2=O)n1. The van der Waals surface area contributed by atoms with Gasteiger partial charge in [0.15, 0.2) is 0 Å². The van der Waals surface area contributed by atoms with Crippen LogP contribution >= 0.6 is 0 Å². The lowest BCUT2D eigenvalue weighted by Crippen LogP contribution is -2.04. The summed E-state index contributed by atoms with van der Waals surface area (Å²) in [5.74, 6) is 1.07. The fraction of sp³-hybridized carbons (Fsp3) is 0.357. The third-order valence-corrected chi connectivity index (χ3v) is 3.43. The van der Waals surface area contributed by atoms with E-state index in [1.165, 1.54) is 0 Å². The molecule has 1 unspecified atom stereocenters. The average Bonchev–Trinajstić information content (AvgIpc) is 2.98. The van der Waals surface area contributed by atoms with Crippen LogP contribution in [0.5, 0.6) is 0 Å². The van der Waals surface area contributed by atoms with Crippen molar-refractivity contribution in [1.82, 2.24) is 10.1 Å². The van der Waals surface area contributed by atoms with E-state index in [0.717, 1.165) is 24.0 Å². The van der Waals surface area contributed by atoms with E-state index in [0.29, 0.717) is 18.1 Å². The van der Waals surface area contributed by atoms with Crippen LogP contribution in [0.3, 0.4) is 0 Å². The van der Waals surface area contributed by atoms with Crippen LogP contribution in [-0.2, 0) is 4.79 Å². The molecular formula is C14H14N2O2. The number of aryl methyl sites for hydroxylation is 1. The van der Waals surface area contributed by atoms with Gasteiger partial charge in [0.05, 0.1) is 5.92 Å². The lowest BCUT2D eigenvalue weighted by atomic mass is 10.1. The lowest BCUT2D eigenvalue weighted by Gasteiger charge is -1.99. The van der Waals surface area contributed by atoms with Gasteiger partial charge in [0.2, 0.25) is 11.7 Å². The summed E-state index contributed by atoms with van der Waals surface area (Å²) >= 11 is 0. The van der Waals surface area contributed by atoms with Gasteiger partial charge in [0, 0.05) is 12.0 Å². The molecule has 0 bridgehead atoms. The third kappa shape index (κ3) is 1.83. The number of hydrogen-bond donors (Lipinski definition) is 0. The summed E-state index contributed by atoms with van der Waals surface area (Å²) in [6, 6.07) is 7.88. The normalized spacial score (nSPS) is 19.4. The van der Waals surface area contributed by atoms with E-state index < -0.39 is 0 Å². The quantitative estimate of drug-likeness (QED) is 0.812. The molecule has 0 N–H and O–H groups in total. The van der Waals surface area contributed by atoms with Crippen molar-refractivity contribution in [2.75, 3.05) is 0 Å². The van der Waals surface area contributed by atoms with Gasteiger partial charge in [-0.3, -0.25) is 4.79 Å². The molecule has 1 aliphatic rings. The van der Waals surface area contributed by atoms with Gasteiger partial charge >= 0.3 is 0 Å². The molecule has 0 radical (unpaired) electrons. The molecule has 3 rings (SSSR count). The summed E-state index contributed by atoms with van der Waals surface area (Å²) in [6.07, 6.45) is 2.38. The molecule has 0 amide bonds. The Hall–Kier alpha value is -1.97. The van der Waals surface area contributed by atoms with Crippen LogP contribution in [0.25, 0.3) is 11.4 Å². The first kappa shape index (κ1) is 11.1. The van der Waals surface area contributed by atoms with Gasteiger partial charge < -0.3 is 4.52 Å². The standard InChI is InChI=1S/C14H14N2O2/c1-9-5-2-3-6-10(9)13-15-14(18-16-13)11-7-4-8-12(11)17/h2-3,5-6,11H,4,7-8H2,1H3. The van der Waals surface area contributed by atoms with E-state index >= 15 is 0 Å². The van der Waals surface area contributed by atoms with Crippen LogP contribution in [-0.4, -0.2) is 15.9 Å². The average molecular weight is 242 g/mol. The van der Waals surface area contributed by atoms with Gasteiger partial charge in [-0.2, -0.15) is 4.98 Å². The number of ketones is 1. The maximum Gasteiger partial charge on any atom is 0.237 e. The Morgan fingerprint density at radius 1 is 1.33 bits per heavy atom. The Morgan fingerprint density at radius 2 is 2.17 bits per heavy atom. The molecule has 1 aliphatic carbocycles. The Labute approximate surface area is 105 Å². The second kappa shape index (κ2) is 4.37. The summed E-state index contributed by atoms with van der Waals surface area (Å²) in [7, 11) is 0. The van der Waals surface area contributed by atoms with Crippen LogP contribution in [0.2, 0.25) is 0 Å². The van der Waals surface area contributed by atoms with E-state index in [1.54, 1.807) is 0 Å². The fourth-order valence-electron chi connectivity index (χ4n) is 2.39. The molecule has 0 spiro atoms. The molecule has 1 heterocycles. The molecule has 4 nitrogen and oxygen atoms in total. The summed E-state index contributed by atoms with van der Waals surface area (Å²) in [6.45, 7) is 2.01. The minimum Gasteiger partial charge on any atom is -0.338 e. The number of nitrogens with zero attached hydrogens (tertiary/aromatic N) is 2. The van der Waals surface area contributed by atoms with E-state index in [2.05, 4.69) is 10.1 Å². The van der Waals surface area contributed by atoms with Crippen LogP contribution < -0.4 is 0 Å². The van der Waals surface area contributed by atoms with E-state index in [-0.39, 0.29) is 11.7 Å². The molecule has 92 valence electrons. The van der Waals surface area contributed by atoms with Gasteiger partial charge in [0.1, 0.15) is 5.78 Å². The molecule has 0 saturated heterocycles. The number of aromatic nitrogens is 2. The van der Waals surface area contributed by atoms with Crippen molar-refractivity contribution in [3.05, 3.63) is 35.7 Å². The van der Waals surface area contributed by atoms with Crippen molar-refractivity contribution in [3.63, 3.8) is 0 Å². The first-order chi connectivity index (χ1) is 8.75. The number of rotatable bonds is 2. The molecule has 18 heavy (non-hydrogen) atoms. The highest BCUT2D eigenvalue weighted by atomic mass is 16.5. The first-order valence-electron chi connectivity index (χ1n) is 6.18. The number of benzene rings is 1. The van der Waals surface area contributed by atoms with E-state index in [9.17, 15) is 4.79 Å². The van der Waals surface area contributed by atoms with Crippen LogP contribution in [0, 0.1) is 6.92 Å². The van der Waals surface area contributed by atoms with Crippen molar-refractivity contribution >= 4 is 5.78 Å². The number of Topliss-reactive ketones (excluding diaryl/α,β-unsaturated/α-hetero) is 1. The smallest absolute Gasteiger partial charge is 0.237 e. The minimum atomic E-state index is -0.185. The Kier molecular flexibility index (Phi) is 2.70. The molecule has 4 heteroatoms. The fourth-order valence-corrected chi connectivity index (χ4v) is 2.39. The maximum atomic E-state index is 11.7. The molecule has 1 aromatic carbocycles. The zero-order valence-electron chi connectivity index (χ0n) is 10.2. The van der Waals surface area contributed by atoms with Gasteiger partial charge in [-0.25, -0.2) is 0 Å². The highest BCUT2D eigenvalue weighted by Gasteiger charge is 2.31. The zero-order chi connectivity index (χ0) is 12.5. The largest absolute Gasteiger partial charge is 0.338 e. The molecular weight excluding hydrogens is 228 g/mol. The second-order valence-electron chi connectivity index (χ2n) is 4.68. The van der Waals surface area contributed by atoms with Gasteiger partial charge in [0.25, 0.3) is 0 Å². The van der Waals surface area contributed by atoms with Crippen LogP contribution in [0.15, 0.2) is 28.8 Å². The third-order valence-electron chi connectivity index (χ3n) is 3.43. The lowest BCUT2D eigenvalue weighted by molar-refractivity contribution is -0.119. The van der Waals surface area contributed by atoms with Gasteiger partial charge in [-0.05, 0) is 25.3 Å². The molecule has 1 fully saturated rings. The summed E-state index contributed by atoms with van der Waals surface area (Å²) < 4.78 is 5.25. The maximum absolute atomic E-state index is 11.7. The van der Waals surface area contributed by atoms with Crippen molar-refractivity contribution in [3.8, 4) is 11.4 Å². The molecule has 1 atom stereocenters. The van der Waals surface area contributed by atoms with Crippen molar-refractivity contribution in [2.24, 2.45) is 0 Å². The van der Waals surface area contributed by atoms with Gasteiger partial charge in [-0.15, -0.1) is 0 Å². The summed E-state index contributed by atoms with van der Waals surface area (Å²) in [5, 5.41) is 3.99. The number of carbonyl (C=O) groups excluding carboxylic acids is 1. The Morgan fingerprint density at radius 3 is 2.89 bits per heavy atom. The van der Waals surface area contributed by atoms with Crippen LogP contribution in [0.4, 0.5) is 0 Å². The van der Waals surface area contributed by atoms with E-state index in [1.807, 2.05) is 31.2 Å². The number of carbonyl (C=O) groups is 1. The summed E-state index contributed by atoms with van der Waals surface area (Å²) in [5.41, 5.74) is 2.06.